The van der Waals surface area contributed by atoms with Crippen LogP contribution >= 0.6 is 0 Å². The summed E-state index contributed by atoms with van der Waals surface area (Å²) in [6.45, 7) is 10.1. The molecule has 3 aliphatic rings. The van der Waals surface area contributed by atoms with E-state index in [0.717, 1.165) is 6.42 Å². The quantitative estimate of drug-likeness (QED) is 0.559. The Morgan fingerprint density at radius 1 is 1.37 bits per heavy atom. The van der Waals surface area contributed by atoms with Gasteiger partial charge < -0.3 is 29.0 Å². The second-order valence-electron chi connectivity index (χ2n) is 8.75. The van der Waals surface area contributed by atoms with Gasteiger partial charge in [0.15, 0.2) is 0 Å². The Kier molecular flexibility index (Phi) is 5.87. The Bertz CT molecular complexity index is 575. The summed E-state index contributed by atoms with van der Waals surface area (Å²) in [5, 5.41) is 9.41. The highest BCUT2D eigenvalue weighted by molar-refractivity contribution is 5.69. The molecule has 3 fully saturated rings. The first kappa shape index (κ1) is 20.6. The van der Waals surface area contributed by atoms with Gasteiger partial charge in [0.05, 0.1) is 43.6 Å². The summed E-state index contributed by atoms with van der Waals surface area (Å²) in [5.74, 6) is -0.0471. The standard InChI is InChI=1S/C20H33NO6/c1-13(2)7-9-25-19(3,4)17-16(24-5)15(6-8-20(17)12-26-20)27-18(23)21-10-14(22)11-21/h7,14-17,22H,6,8-12H2,1-5H3/t15-,16-,17-,20?/m1/s1. The van der Waals surface area contributed by atoms with Crippen LogP contribution in [-0.4, -0.2) is 79.0 Å². The Morgan fingerprint density at radius 2 is 2.04 bits per heavy atom. The lowest BCUT2D eigenvalue weighted by molar-refractivity contribution is -0.175. The number of ether oxygens (including phenoxy) is 4. The van der Waals surface area contributed by atoms with Crippen LogP contribution in [0.15, 0.2) is 11.6 Å². The Balaban J connectivity index is 1.71. The van der Waals surface area contributed by atoms with Crippen molar-refractivity contribution >= 4 is 6.09 Å². The van der Waals surface area contributed by atoms with Gasteiger partial charge in [0, 0.05) is 13.0 Å². The number of β-amino-alcohol motifs (C(OH)–C–C–N with tert-alkyl or cyclic N) is 1. The molecule has 0 bridgehead atoms. The van der Waals surface area contributed by atoms with Gasteiger partial charge in [-0.05, 0) is 40.5 Å². The maximum absolute atomic E-state index is 12.3. The number of methoxy groups -OCH3 is 1. The number of aliphatic hydroxyl groups is 1. The number of aliphatic hydroxyl groups excluding tert-OH is 1. The van der Waals surface area contributed by atoms with Crippen LogP contribution in [0.5, 0.6) is 0 Å². The largest absolute Gasteiger partial charge is 0.443 e. The Hall–Kier alpha value is -1.15. The van der Waals surface area contributed by atoms with Crippen LogP contribution in [0.25, 0.3) is 0 Å². The highest BCUT2D eigenvalue weighted by Crippen LogP contribution is 2.52. The van der Waals surface area contributed by atoms with E-state index in [0.29, 0.717) is 32.7 Å². The minimum atomic E-state index is -0.499. The molecule has 3 rings (SSSR count). The molecular weight excluding hydrogens is 350 g/mol. The van der Waals surface area contributed by atoms with Gasteiger partial charge >= 0.3 is 6.09 Å². The van der Waals surface area contributed by atoms with Crippen LogP contribution < -0.4 is 0 Å². The van der Waals surface area contributed by atoms with E-state index in [-0.39, 0.29) is 29.8 Å². The minimum Gasteiger partial charge on any atom is -0.443 e. The Morgan fingerprint density at radius 3 is 2.56 bits per heavy atom. The third-order valence-electron chi connectivity index (χ3n) is 5.97. The van der Waals surface area contributed by atoms with E-state index in [4.69, 9.17) is 18.9 Å². The number of epoxide rings is 1. The second-order valence-corrected chi connectivity index (χ2v) is 8.75. The molecule has 154 valence electrons. The molecule has 2 aliphatic heterocycles. The van der Waals surface area contributed by atoms with Crippen LogP contribution in [0.4, 0.5) is 4.79 Å². The molecule has 0 aromatic carbocycles. The number of amides is 1. The zero-order chi connectivity index (χ0) is 19.8. The number of nitrogens with zero attached hydrogens (tertiary/aromatic N) is 1. The third kappa shape index (κ3) is 4.31. The van der Waals surface area contributed by atoms with Gasteiger partial charge in [-0.3, -0.25) is 0 Å². The van der Waals surface area contributed by atoms with E-state index >= 15 is 0 Å². The van der Waals surface area contributed by atoms with Crippen molar-refractivity contribution < 1.29 is 28.8 Å². The van der Waals surface area contributed by atoms with E-state index in [9.17, 15) is 9.90 Å². The molecule has 1 aliphatic carbocycles. The summed E-state index contributed by atoms with van der Waals surface area (Å²) in [5.41, 5.74) is 0.449. The lowest BCUT2D eigenvalue weighted by Crippen LogP contribution is -2.60. The molecule has 1 saturated carbocycles. The zero-order valence-corrected chi connectivity index (χ0v) is 17.1. The maximum Gasteiger partial charge on any atom is 0.410 e. The smallest absolute Gasteiger partial charge is 0.410 e. The number of hydrogen-bond acceptors (Lipinski definition) is 6. The number of allylic oxidation sites excluding steroid dienone is 1. The highest BCUT2D eigenvalue weighted by atomic mass is 16.6. The minimum absolute atomic E-state index is 0.0471. The highest BCUT2D eigenvalue weighted by Gasteiger charge is 2.64. The van der Waals surface area contributed by atoms with Crippen molar-refractivity contribution in [3.05, 3.63) is 11.6 Å². The van der Waals surface area contributed by atoms with Crippen molar-refractivity contribution in [1.82, 2.24) is 4.90 Å². The summed E-state index contributed by atoms with van der Waals surface area (Å²) < 4.78 is 23.7. The first-order chi connectivity index (χ1) is 12.7. The number of likely N-dealkylation sites (tertiary alicyclic amines) is 1. The summed E-state index contributed by atoms with van der Waals surface area (Å²) in [6.07, 6.45) is 2.07. The summed E-state index contributed by atoms with van der Waals surface area (Å²) in [7, 11) is 1.65. The average Bonchev–Trinajstić information content (AvgIpc) is 3.32. The van der Waals surface area contributed by atoms with Crippen molar-refractivity contribution in [2.75, 3.05) is 33.4 Å². The third-order valence-corrected chi connectivity index (χ3v) is 5.97. The SMILES string of the molecule is CO[C@H]1[C@H](C(C)(C)OCC=C(C)C)C2(CC[C@H]1OC(=O)N1CC(O)C1)CO2. The topological polar surface area (TPSA) is 80.8 Å². The number of hydrogen-bond donors (Lipinski definition) is 1. The van der Waals surface area contributed by atoms with Crippen molar-refractivity contribution in [2.45, 2.75) is 70.1 Å². The molecule has 1 spiro atoms. The lowest BCUT2D eigenvalue weighted by Gasteiger charge is -2.48. The number of carbonyl (C=O) groups is 1. The van der Waals surface area contributed by atoms with Crippen LogP contribution in [0.3, 0.4) is 0 Å². The molecule has 1 N–H and O–H groups in total. The average molecular weight is 383 g/mol. The molecule has 0 radical (unpaired) electrons. The number of rotatable bonds is 6. The van der Waals surface area contributed by atoms with Crippen molar-refractivity contribution in [2.24, 2.45) is 5.92 Å². The molecule has 1 amide bonds. The van der Waals surface area contributed by atoms with E-state index in [1.807, 2.05) is 13.8 Å². The van der Waals surface area contributed by atoms with Gasteiger partial charge in [0.25, 0.3) is 0 Å². The molecule has 4 atom stereocenters. The molecule has 7 heteroatoms. The summed E-state index contributed by atoms with van der Waals surface area (Å²) >= 11 is 0. The molecule has 7 nitrogen and oxygen atoms in total. The fourth-order valence-electron chi connectivity index (χ4n) is 4.40. The van der Waals surface area contributed by atoms with Crippen molar-refractivity contribution in [3.8, 4) is 0 Å². The predicted molar refractivity (Wildman–Crippen MR) is 99.5 cm³/mol. The Labute approximate surface area is 161 Å². The van der Waals surface area contributed by atoms with Gasteiger partial charge in [-0.25, -0.2) is 4.79 Å². The van der Waals surface area contributed by atoms with Gasteiger partial charge in [-0.1, -0.05) is 11.6 Å². The van der Waals surface area contributed by atoms with Gasteiger partial charge in [0.2, 0.25) is 0 Å². The van der Waals surface area contributed by atoms with Gasteiger partial charge in [-0.2, -0.15) is 0 Å². The van der Waals surface area contributed by atoms with E-state index < -0.39 is 11.7 Å². The number of carbonyl (C=O) groups excluding carboxylic acids is 1. The molecule has 0 aromatic rings. The van der Waals surface area contributed by atoms with Crippen LogP contribution in [-0.2, 0) is 18.9 Å². The molecule has 0 aromatic heterocycles. The summed E-state index contributed by atoms with van der Waals surface area (Å²) in [4.78, 5) is 13.9. The first-order valence-corrected chi connectivity index (χ1v) is 9.76. The van der Waals surface area contributed by atoms with E-state index in [1.54, 1.807) is 7.11 Å². The monoisotopic (exact) mass is 383 g/mol. The second kappa shape index (κ2) is 7.70. The van der Waals surface area contributed by atoms with Gasteiger partial charge in [0.1, 0.15) is 12.2 Å². The fraction of sp³-hybridized carbons (Fsp3) is 0.850. The predicted octanol–water partition coefficient (Wildman–Crippen LogP) is 2.12. The first-order valence-electron chi connectivity index (χ1n) is 9.76. The molecule has 2 heterocycles. The van der Waals surface area contributed by atoms with E-state index in [1.165, 1.54) is 10.5 Å². The zero-order valence-electron chi connectivity index (χ0n) is 17.1. The van der Waals surface area contributed by atoms with E-state index in [2.05, 4.69) is 19.9 Å². The van der Waals surface area contributed by atoms with Gasteiger partial charge in [-0.15, -0.1) is 0 Å². The summed E-state index contributed by atoms with van der Waals surface area (Å²) in [6, 6.07) is 0. The lowest BCUT2D eigenvalue weighted by atomic mass is 9.68. The maximum atomic E-state index is 12.3. The van der Waals surface area contributed by atoms with Crippen molar-refractivity contribution in [1.29, 1.82) is 0 Å². The van der Waals surface area contributed by atoms with Crippen LogP contribution in [0.1, 0.15) is 40.5 Å². The molecule has 2 saturated heterocycles. The van der Waals surface area contributed by atoms with Crippen LogP contribution in [0, 0.1) is 5.92 Å². The normalized spacial score (nSPS) is 33.6. The molecular formula is C20H33NO6. The van der Waals surface area contributed by atoms with Crippen molar-refractivity contribution in [3.63, 3.8) is 0 Å². The molecule has 1 unspecified atom stereocenters. The fourth-order valence-corrected chi connectivity index (χ4v) is 4.40. The van der Waals surface area contributed by atoms with Crippen LogP contribution in [0.2, 0.25) is 0 Å². The molecule has 27 heavy (non-hydrogen) atoms.